The molecular weight excluding hydrogens is 350 g/mol. The van der Waals surface area contributed by atoms with Crippen molar-refractivity contribution in [1.29, 1.82) is 0 Å². The van der Waals surface area contributed by atoms with Crippen LogP contribution in [0.3, 0.4) is 0 Å². The molecule has 7 nitrogen and oxygen atoms in total. The first kappa shape index (κ1) is 18.2. The minimum absolute atomic E-state index is 0.0232. The Balaban J connectivity index is 2.11. The van der Waals surface area contributed by atoms with E-state index in [1.165, 1.54) is 32.4 Å². The number of rotatable bonds is 4. The fourth-order valence-electron chi connectivity index (χ4n) is 2.89. The molecule has 2 aromatic rings. The smallest absolute Gasteiger partial charge is 0.338 e. The first-order chi connectivity index (χ1) is 13.0. The largest absolute Gasteiger partial charge is 0.465 e. The number of carbonyl (C=O) groups excluding carboxylic acids is 3. The van der Waals surface area contributed by atoms with Crippen LogP contribution in [0.15, 0.2) is 54.4 Å². The van der Waals surface area contributed by atoms with E-state index >= 15 is 0 Å². The summed E-state index contributed by atoms with van der Waals surface area (Å²) in [6, 6.07) is 13.0. The van der Waals surface area contributed by atoms with Gasteiger partial charge in [0.1, 0.15) is 0 Å². The second-order valence-electron chi connectivity index (χ2n) is 5.76. The van der Waals surface area contributed by atoms with Gasteiger partial charge in [-0.15, -0.1) is 0 Å². The lowest BCUT2D eigenvalue weighted by molar-refractivity contribution is -0.120. The summed E-state index contributed by atoms with van der Waals surface area (Å²) in [6.07, 6.45) is -0.923. The molecule has 1 aliphatic rings. The molecule has 1 unspecified atom stereocenters. The van der Waals surface area contributed by atoms with Crippen molar-refractivity contribution < 1.29 is 28.6 Å². The van der Waals surface area contributed by atoms with E-state index in [0.717, 1.165) is 0 Å². The lowest BCUT2D eigenvalue weighted by Crippen LogP contribution is -2.13. The summed E-state index contributed by atoms with van der Waals surface area (Å²) < 4.78 is 15.0. The van der Waals surface area contributed by atoms with Crippen LogP contribution in [-0.2, 0) is 19.0 Å². The third-order valence-corrected chi connectivity index (χ3v) is 4.19. The van der Waals surface area contributed by atoms with E-state index in [1.807, 2.05) is 6.07 Å². The average Bonchev–Trinajstić information content (AvgIpc) is 3.00. The van der Waals surface area contributed by atoms with Gasteiger partial charge < -0.3 is 19.9 Å². The highest BCUT2D eigenvalue weighted by Crippen LogP contribution is 2.37. The van der Waals surface area contributed by atoms with Crippen LogP contribution in [0.5, 0.6) is 0 Å². The van der Waals surface area contributed by atoms with Gasteiger partial charge in [-0.2, -0.15) is 0 Å². The van der Waals surface area contributed by atoms with Crippen LogP contribution >= 0.6 is 0 Å². The molecule has 0 aliphatic carbocycles. The number of ether oxygens (including phenoxy) is 3. The van der Waals surface area contributed by atoms with Gasteiger partial charge in [0, 0.05) is 11.1 Å². The number of hydrogen-bond acceptors (Lipinski definition) is 7. The quantitative estimate of drug-likeness (QED) is 0.826. The zero-order chi connectivity index (χ0) is 19.6. The zero-order valence-electron chi connectivity index (χ0n) is 14.7. The first-order valence-corrected chi connectivity index (χ1v) is 8.04. The Labute approximate surface area is 155 Å². The fourth-order valence-corrected chi connectivity index (χ4v) is 2.89. The number of benzene rings is 2. The van der Waals surface area contributed by atoms with Crippen molar-refractivity contribution in [2.75, 3.05) is 14.2 Å². The molecule has 0 saturated heterocycles. The molecule has 3 rings (SSSR count). The molecule has 1 heterocycles. The van der Waals surface area contributed by atoms with Gasteiger partial charge in [-0.05, 0) is 18.2 Å². The molecule has 0 radical (unpaired) electrons. The summed E-state index contributed by atoms with van der Waals surface area (Å²) >= 11 is 0. The zero-order valence-corrected chi connectivity index (χ0v) is 14.7. The van der Waals surface area contributed by atoms with Crippen LogP contribution in [-0.4, -0.2) is 31.9 Å². The Hall–Kier alpha value is -3.61. The minimum Gasteiger partial charge on any atom is -0.465 e. The molecule has 27 heavy (non-hydrogen) atoms. The van der Waals surface area contributed by atoms with Crippen LogP contribution in [0.2, 0.25) is 0 Å². The summed E-state index contributed by atoms with van der Waals surface area (Å²) in [6.45, 7) is 0. The molecule has 1 atom stereocenters. The summed E-state index contributed by atoms with van der Waals surface area (Å²) in [5.41, 5.74) is 7.03. The van der Waals surface area contributed by atoms with Crippen LogP contribution in [0.1, 0.15) is 37.9 Å². The van der Waals surface area contributed by atoms with E-state index in [-0.39, 0.29) is 28.1 Å². The van der Waals surface area contributed by atoms with Gasteiger partial charge in [0.05, 0.1) is 30.9 Å². The highest BCUT2D eigenvalue weighted by Gasteiger charge is 2.38. The third-order valence-electron chi connectivity index (χ3n) is 4.19. The Bertz CT molecular complexity index is 948. The Morgan fingerprint density at radius 2 is 1.67 bits per heavy atom. The predicted molar refractivity (Wildman–Crippen MR) is 95.5 cm³/mol. The van der Waals surface area contributed by atoms with E-state index in [2.05, 4.69) is 0 Å². The third kappa shape index (κ3) is 3.27. The van der Waals surface area contributed by atoms with Crippen LogP contribution < -0.4 is 5.73 Å². The van der Waals surface area contributed by atoms with Gasteiger partial charge in [-0.1, -0.05) is 30.3 Å². The molecule has 2 aromatic carbocycles. The molecule has 1 aliphatic heterocycles. The number of carbonyl (C=O) groups is 3. The number of esters is 2. The molecule has 2 N–H and O–H groups in total. The van der Waals surface area contributed by atoms with E-state index in [1.54, 1.807) is 24.3 Å². The van der Waals surface area contributed by atoms with Crippen molar-refractivity contribution in [3.63, 3.8) is 0 Å². The summed E-state index contributed by atoms with van der Waals surface area (Å²) in [7, 11) is 2.46. The van der Waals surface area contributed by atoms with Crippen molar-refractivity contribution in [1.82, 2.24) is 0 Å². The van der Waals surface area contributed by atoms with Gasteiger partial charge in [0.15, 0.2) is 12.0 Å². The van der Waals surface area contributed by atoms with Crippen molar-refractivity contribution in [2.45, 2.75) is 6.10 Å². The number of ketones is 1. The topological polar surface area (TPSA) is 105 Å². The summed E-state index contributed by atoms with van der Waals surface area (Å²) in [4.78, 5) is 37.0. The molecular formula is C20H17NO6. The SMILES string of the molecule is COC(=O)c1ccc(C(=O)OC)c(C2=C(N)OC(c3ccccc3)C2=O)c1. The van der Waals surface area contributed by atoms with Crippen molar-refractivity contribution in [2.24, 2.45) is 5.73 Å². The van der Waals surface area contributed by atoms with E-state index in [4.69, 9.17) is 19.9 Å². The molecule has 138 valence electrons. The Morgan fingerprint density at radius 3 is 2.30 bits per heavy atom. The summed E-state index contributed by atoms with van der Waals surface area (Å²) in [5, 5.41) is 0. The fraction of sp³-hybridized carbons (Fsp3) is 0.150. The molecule has 0 aromatic heterocycles. The number of Topliss-reactive ketones (excluding diaryl/α,β-unsaturated/α-hetero) is 1. The van der Waals surface area contributed by atoms with Crippen molar-refractivity contribution in [3.05, 3.63) is 76.7 Å². The Kier molecular flexibility index (Phi) is 4.94. The second kappa shape index (κ2) is 7.33. The average molecular weight is 367 g/mol. The minimum atomic E-state index is -0.923. The number of hydrogen-bond donors (Lipinski definition) is 1. The summed E-state index contributed by atoms with van der Waals surface area (Å²) in [5.74, 6) is -1.82. The van der Waals surface area contributed by atoms with Gasteiger partial charge in [0.2, 0.25) is 5.78 Å². The predicted octanol–water partition coefficient (Wildman–Crippen LogP) is 2.23. The lowest BCUT2D eigenvalue weighted by atomic mass is 9.92. The van der Waals surface area contributed by atoms with Crippen molar-refractivity contribution in [3.8, 4) is 0 Å². The monoisotopic (exact) mass is 367 g/mol. The molecule has 7 heteroatoms. The van der Waals surface area contributed by atoms with Gasteiger partial charge in [-0.25, -0.2) is 9.59 Å². The highest BCUT2D eigenvalue weighted by molar-refractivity contribution is 6.26. The van der Waals surface area contributed by atoms with Crippen LogP contribution in [0, 0.1) is 0 Å². The Morgan fingerprint density at radius 1 is 1.00 bits per heavy atom. The van der Waals surface area contributed by atoms with Gasteiger partial charge in [0.25, 0.3) is 0 Å². The molecule has 0 spiro atoms. The van der Waals surface area contributed by atoms with E-state index in [9.17, 15) is 14.4 Å². The second-order valence-corrected chi connectivity index (χ2v) is 5.76. The normalized spacial score (nSPS) is 16.1. The first-order valence-electron chi connectivity index (χ1n) is 8.04. The maximum atomic E-state index is 13.0. The maximum Gasteiger partial charge on any atom is 0.338 e. The maximum absolute atomic E-state index is 13.0. The molecule has 0 bridgehead atoms. The molecule has 0 amide bonds. The lowest BCUT2D eigenvalue weighted by Gasteiger charge is -2.11. The van der Waals surface area contributed by atoms with Gasteiger partial charge >= 0.3 is 11.9 Å². The van der Waals surface area contributed by atoms with Crippen LogP contribution in [0.25, 0.3) is 5.57 Å². The number of nitrogens with two attached hydrogens (primary N) is 1. The van der Waals surface area contributed by atoms with E-state index < -0.39 is 23.8 Å². The number of methoxy groups -OCH3 is 2. The standard InChI is InChI=1S/C20H17NO6/c1-25-19(23)12-8-9-13(20(24)26-2)14(10-12)15-16(22)17(27-18(15)21)11-6-4-3-5-7-11/h3-10,17H,21H2,1-2H3. The highest BCUT2D eigenvalue weighted by atomic mass is 16.5. The van der Waals surface area contributed by atoms with Crippen LogP contribution in [0.4, 0.5) is 0 Å². The van der Waals surface area contributed by atoms with Gasteiger partial charge in [-0.3, -0.25) is 4.79 Å². The van der Waals surface area contributed by atoms with Crippen molar-refractivity contribution >= 4 is 23.3 Å². The molecule has 0 saturated carbocycles. The molecule has 0 fully saturated rings. The van der Waals surface area contributed by atoms with E-state index in [0.29, 0.717) is 5.56 Å².